The number of urea groups is 1. The average molecular weight is 294 g/mol. The van der Waals surface area contributed by atoms with Gasteiger partial charge in [0.05, 0.1) is 13.2 Å². The van der Waals surface area contributed by atoms with Crippen LogP contribution in [0.5, 0.6) is 5.75 Å². The van der Waals surface area contributed by atoms with E-state index in [1.807, 2.05) is 44.2 Å². The summed E-state index contributed by atoms with van der Waals surface area (Å²) in [6.45, 7) is 4.59. The molecule has 6 nitrogen and oxygen atoms in total. The first-order valence-corrected chi connectivity index (χ1v) is 6.90. The molecule has 1 fully saturated rings. The first-order chi connectivity index (χ1) is 9.95. The number of carbonyl (C=O) groups is 1. The van der Waals surface area contributed by atoms with Crippen LogP contribution in [0.2, 0.25) is 0 Å². The minimum absolute atomic E-state index is 0.264. The molecule has 0 aliphatic carbocycles. The number of hydrogen-bond acceptors (Lipinski definition) is 4. The van der Waals surface area contributed by atoms with E-state index in [1.165, 1.54) is 0 Å². The van der Waals surface area contributed by atoms with Crippen LogP contribution in [0.15, 0.2) is 30.3 Å². The molecule has 1 aromatic rings. The van der Waals surface area contributed by atoms with E-state index in [1.54, 1.807) is 7.05 Å². The SMILES string of the molecule is CNC(=O)NC1(COc2ccccc2)COC(C)(C)OC1. The van der Waals surface area contributed by atoms with Crippen molar-refractivity contribution in [2.24, 2.45) is 0 Å². The quantitative estimate of drug-likeness (QED) is 0.883. The van der Waals surface area contributed by atoms with Gasteiger partial charge in [0.15, 0.2) is 5.79 Å². The molecule has 1 aliphatic rings. The Balaban J connectivity index is 2.04. The van der Waals surface area contributed by atoms with Crippen molar-refractivity contribution in [3.8, 4) is 5.75 Å². The van der Waals surface area contributed by atoms with E-state index < -0.39 is 11.3 Å². The van der Waals surface area contributed by atoms with E-state index >= 15 is 0 Å². The molecule has 2 rings (SSSR count). The third-order valence-corrected chi connectivity index (χ3v) is 3.26. The highest BCUT2D eigenvalue weighted by atomic mass is 16.7. The smallest absolute Gasteiger partial charge is 0.315 e. The number of benzene rings is 1. The summed E-state index contributed by atoms with van der Waals surface area (Å²) in [6, 6.07) is 9.14. The predicted molar refractivity (Wildman–Crippen MR) is 78.2 cm³/mol. The maximum absolute atomic E-state index is 11.7. The Morgan fingerprint density at radius 3 is 2.43 bits per heavy atom. The molecule has 0 radical (unpaired) electrons. The summed E-state index contributed by atoms with van der Waals surface area (Å²) in [5.41, 5.74) is -0.717. The van der Waals surface area contributed by atoms with Crippen LogP contribution in [0.1, 0.15) is 13.8 Å². The molecule has 0 unspecified atom stereocenters. The Morgan fingerprint density at radius 1 is 1.24 bits per heavy atom. The van der Waals surface area contributed by atoms with Gasteiger partial charge in [-0.2, -0.15) is 0 Å². The summed E-state index contributed by atoms with van der Waals surface area (Å²) < 4.78 is 17.1. The largest absolute Gasteiger partial charge is 0.491 e. The zero-order chi connectivity index (χ0) is 15.3. The maximum Gasteiger partial charge on any atom is 0.315 e. The van der Waals surface area contributed by atoms with E-state index in [0.717, 1.165) is 5.75 Å². The molecule has 116 valence electrons. The summed E-state index contributed by atoms with van der Waals surface area (Å²) in [7, 11) is 1.57. The minimum atomic E-state index is -0.717. The van der Waals surface area contributed by atoms with E-state index in [9.17, 15) is 4.79 Å². The normalized spacial score (nSPS) is 19.6. The molecule has 0 spiro atoms. The second-order valence-corrected chi connectivity index (χ2v) is 5.56. The van der Waals surface area contributed by atoms with Crippen molar-refractivity contribution < 1.29 is 19.0 Å². The Morgan fingerprint density at radius 2 is 1.86 bits per heavy atom. The van der Waals surface area contributed by atoms with E-state index in [-0.39, 0.29) is 12.6 Å². The van der Waals surface area contributed by atoms with Gasteiger partial charge in [-0.15, -0.1) is 0 Å². The van der Waals surface area contributed by atoms with Crippen molar-refractivity contribution in [1.82, 2.24) is 10.6 Å². The third kappa shape index (κ3) is 4.34. The van der Waals surface area contributed by atoms with Crippen LogP contribution in [-0.2, 0) is 9.47 Å². The lowest BCUT2D eigenvalue weighted by atomic mass is 10.0. The number of hydrogen-bond donors (Lipinski definition) is 2. The Kier molecular flexibility index (Phi) is 4.69. The molecule has 6 heteroatoms. The Labute approximate surface area is 124 Å². The van der Waals surface area contributed by atoms with Gasteiger partial charge in [0.1, 0.15) is 17.9 Å². The molecular formula is C15H22N2O4. The zero-order valence-corrected chi connectivity index (χ0v) is 12.6. The summed E-state index contributed by atoms with van der Waals surface area (Å²) in [5.74, 6) is 0.0843. The lowest BCUT2D eigenvalue weighted by Gasteiger charge is -2.43. The maximum atomic E-state index is 11.7. The first-order valence-electron chi connectivity index (χ1n) is 6.90. The molecule has 21 heavy (non-hydrogen) atoms. The molecule has 0 aromatic heterocycles. The van der Waals surface area contributed by atoms with E-state index in [2.05, 4.69) is 10.6 Å². The van der Waals surface area contributed by atoms with E-state index in [0.29, 0.717) is 13.2 Å². The summed E-state index contributed by atoms with van der Waals surface area (Å²) in [6.07, 6.45) is 0. The highest BCUT2D eigenvalue weighted by molar-refractivity contribution is 5.74. The van der Waals surface area contributed by atoms with Crippen LogP contribution in [0.25, 0.3) is 0 Å². The van der Waals surface area contributed by atoms with Crippen LogP contribution in [0.3, 0.4) is 0 Å². The van der Waals surface area contributed by atoms with Crippen LogP contribution in [0.4, 0.5) is 4.79 Å². The number of amides is 2. The molecule has 1 aliphatic heterocycles. The van der Waals surface area contributed by atoms with Crippen molar-refractivity contribution in [3.05, 3.63) is 30.3 Å². The van der Waals surface area contributed by atoms with Gasteiger partial charge in [0.2, 0.25) is 0 Å². The fraction of sp³-hybridized carbons (Fsp3) is 0.533. The highest BCUT2D eigenvalue weighted by Crippen LogP contribution is 2.24. The van der Waals surface area contributed by atoms with Crippen molar-refractivity contribution in [2.75, 3.05) is 26.9 Å². The number of para-hydroxylation sites is 1. The topological polar surface area (TPSA) is 68.8 Å². The second kappa shape index (κ2) is 6.32. The molecule has 2 amide bonds. The molecule has 0 atom stereocenters. The van der Waals surface area contributed by atoms with Gasteiger partial charge in [-0.25, -0.2) is 4.79 Å². The Bertz CT molecular complexity index is 466. The molecule has 2 N–H and O–H groups in total. The molecule has 1 heterocycles. The summed E-state index contributed by atoms with van der Waals surface area (Å²) >= 11 is 0. The van der Waals surface area contributed by atoms with Gasteiger partial charge in [0, 0.05) is 7.05 Å². The minimum Gasteiger partial charge on any atom is -0.491 e. The van der Waals surface area contributed by atoms with Crippen LogP contribution in [0, 0.1) is 0 Å². The van der Waals surface area contributed by atoms with Gasteiger partial charge in [-0.05, 0) is 26.0 Å². The third-order valence-electron chi connectivity index (χ3n) is 3.26. The monoisotopic (exact) mass is 294 g/mol. The summed E-state index contributed by atoms with van der Waals surface area (Å²) in [4.78, 5) is 11.7. The first kappa shape index (κ1) is 15.6. The van der Waals surface area contributed by atoms with Crippen LogP contribution >= 0.6 is 0 Å². The number of ether oxygens (including phenoxy) is 3. The fourth-order valence-electron chi connectivity index (χ4n) is 1.94. The van der Waals surface area contributed by atoms with Crippen molar-refractivity contribution >= 4 is 6.03 Å². The van der Waals surface area contributed by atoms with Crippen LogP contribution < -0.4 is 15.4 Å². The van der Waals surface area contributed by atoms with Crippen molar-refractivity contribution in [2.45, 2.75) is 25.2 Å². The fourth-order valence-corrected chi connectivity index (χ4v) is 1.94. The molecule has 0 saturated carbocycles. The van der Waals surface area contributed by atoms with Gasteiger partial charge >= 0.3 is 6.03 Å². The molecule has 1 saturated heterocycles. The van der Waals surface area contributed by atoms with Gasteiger partial charge in [-0.1, -0.05) is 18.2 Å². The number of rotatable bonds is 4. The zero-order valence-electron chi connectivity index (χ0n) is 12.6. The van der Waals surface area contributed by atoms with Gasteiger partial charge in [-0.3, -0.25) is 0 Å². The Hall–Kier alpha value is -1.79. The number of nitrogens with one attached hydrogen (secondary N) is 2. The molecular weight excluding hydrogens is 272 g/mol. The number of carbonyl (C=O) groups excluding carboxylic acids is 1. The van der Waals surface area contributed by atoms with Crippen molar-refractivity contribution in [3.63, 3.8) is 0 Å². The average Bonchev–Trinajstić information content (AvgIpc) is 2.49. The van der Waals surface area contributed by atoms with Gasteiger partial charge in [0.25, 0.3) is 0 Å². The summed E-state index contributed by atoms with van der Waals surface area (Å²) in [5, 5.41) is 5.40. The lowest BCUT2D eigenvalue weighted by molar-refractivity contribution is -0.272. The predicted octanol–water partition coefficient (Wildman–Crippen LogP) is 1.52. The highest BCUT2D eigenvalue weighted by Gasteiger charge is 2.42. The van der Waals surface area contributed by atoms with E-state index in [4.69, 9.17) is 14.2 Å². The standard InChI is InChI=1S/C15H22N2O4/c1-14(2)20-10-15(11-21-14,17-13(18)16-3)9-19-12-7-5-4-6-8-12/h4-8H,9-11H2,1-3H3,(H2,16,17,18). The lowest BCUT2D eigenvalue weighted by Crippen LogP contribution is -2.65. The van der Waals surface area contributed by atoms with Crippen molar-refractivity contribution in [1.29, 1.82) is 0 Å². The second-order valence-electron chi connectivity index (χ2n) is 5.56. The molecule has 0 bridgehead atoms. The van der Waals surface area contributed by atoms with Gasteiger partial charge < -0.3 is 24.8 Å². The molecule has 1 aromatic carbocycles. The van der Waals surface area contributed by atoms with Crippen LogP contribution in [-0.4, -0.2) is 44.2 Å².